The molecule has 0 aliphatic heterocycles. The second-order valence-corrected chi connectivity index (χ2v) is 14.8. The summed E-state index contributed by atoms with van der Waals surface area (Å²) in [6.07, 6.45) is 1.97. The Labute approximate surface area is 322 Å². The Hall–Kier alpha value is -7.49. The van der Waals surface area contributed by atoms with E-state index in [1.54, 1.807) is 0 Å². The molecule has 0 amide bonds. The third-order valence-corrected chi connectivity index (χ3v) is 11.6. The van der Waals surface area contributed by atoms with Gasteiger partial charge >= 0.3 is 0 Å². The van der Waals surface area contributed by atoms with Gasteiger partial charge in [0.1, 0.15) is 0 Å². The lowest BCUT2D eigenvalue weighted by molar-refractivity contribution is 1.18. The number of hydrogen-bond acceptors (Lipinski definition) is 3. The molecule has 56 heavy (non-hydrogen) atoms. The molecule has 0 saturated heterocycles. The van der Waals surface area contributed by atoms with Crippen molar-refractivity contribution in [3.8, 4) is 45.0 Å². The van der Waals surface area contributed by atoms with Crippen molar-refractivity contribution in [3.05, 3.63) is 188 Å². The lowest BCUT2D eigenvalue weighted by atomic mass is 9.87. The van der Waals surface area contributed by atoms with Crippen molar-refractivity contribution in [2.45, 2.75) is 0 Å². The first-order chi connectivity index (χ1) is 27.7. The summed E-state index contributed by atoms with van der Waals surface area (Å²) in [5.74, 6) is 0.689. The zero-order valence-electron chi connectivity index (χ0n) is 30.2. The van der Waals surface area contributed by atoms with Gasteiger partial charge in [-0.25, -0.2) is 9.97 Å². The first-order valence-electron chi connectivity index (χ1n) is 19.1. The topological polar surface area (TPSA) is 38.7 Å². The molecular formula is C53H31N3. The van der Waals surface area contributed by atoms with Crippen LogP contribution in [0.25, 0.3) is 121 Å². The van der Waals surface area contributed by atoms with E-state index in [0.29, 0.717) is 5.82 Å². The molecule has 0 fully saturated rings. The third kappa shape index (κ3) is 4.68. The number of aromatic nitrogens is 3. The molecule has 0 aliphatic rings. The molecule has 3 nitrogen and oxygen atoms in total. The van der Waals surface area contributed by atoms with E-state index in [0.717, 1.165) is 50.1 Å². The molecule has 2 aromatic heterocycles. The SMILES string of the molecule is c1ccc(-c2nc(-c3cc4ccc5cccc6c7cccc8ccc9cccc(c(c3)c4c56)c9c87)cc(-c3ccccc3-c3cnc4ccccc4c3)n2)cc1. The lowest BCUT2D eigenvalue weighted by Gasteiger charge is -2.17. The van der Waals surface area contributed by atoms with E-state index in [2.05, 4.69) is 158 Å². The van der Waals surface area contributed by atoms with E-state index in [4.69, 9.17) is 15.0 Å². The molecule has 12 aromatic rings. The smallest absolute Gasteiger partial charge is 0.160 e. The largest absolute Gasteiger partial charge is 0.256 e. The summed E-state index contributed by atoms with van der Waals surface area (Å²) in [4.78, 5) is 15.4. The third-order valence-electron chi connectivity index (χ3n) is 11.6. The highest BCUT2D eigenvalue weighted by molar-refractivity contribution is 6.37. The molecule has 0 spiro atoms. The zero-order valence-corrected chi connectivity index (χ0v) is 30.2. The fourth-order valence-corrected chi connectivity index (χ4v) is 9.06. The second kappa shape index (κ2) is 12.0. The Morgan fingerprint density at radius 1 is 0.304 bits per heavy atom. The minimum atomic E-state index is 0.689. The molecule has 3 heteroatoms. The van der Waals surface area contributed by atoms with Crippen LogP contribution in [0.1, 0.15) is 0 Å². The van der Waals surface area contributed by atoms with Gasteiger partial charge < -0.3 is 0 Å². The number of pyridine rings is 1. The molecule has 0 aliphatic carbocycles. The quantitative estimate of drug-likeness (QED) is 0.171. The number of para-hydroxylation sites is 1. The Bertz CT molecular complexity index is 3530. The minimum absolute atomic E-state index is 0.689. The van der Waals surface area contributed by atoms with Crippen LogP contribution >= 0.6 is 0 Å². The van der Waals surface area contributed by atoms with Gasteiger partial charge in [-0.05, 0) is 101 Å². The Balaban J connectivity index is 1.18. The van der Waals surface area contributed by atoms with E-state index in [9.17, 15) is 0 Å². The molecular weight excluding hydrogens is 679 g/mol. The highest BCUT2D eigenvalue weighted by atomic mass is 14.9. The number of benzene rings is 9. The molecule has 0 radical (unpaired) electrons. The summed E-state index contributed by atoms with van der Waals surface area (Å²) < 4.78 is 0. The highest BCUT2D eigenvalue weighted by Crippen LogP contribution is 2.45. The van der Waals surface area contributed by atoms with Crippen LogP contribution in [0.5, 0.6) is 0 Å². The first-order valence-corrected chi connectivity index (χ1v) is 19.1. The molecule has 0 saturated carbocycles. The standard InChI is InChI=1S/C53H31N3/c1-2-11-35(12-3-1)53-55-47(30-48(56-53)41-18-6-5-17-40(41)39-27-36-13-4-7-22-46(36)54-31-39)38-28-37-26-25-34-15-9-20-43-42-19-8-14-32-23-24-33-16-10-21-44(51(33)49(32)42)45(29-38)52(37)50(34)43/h1-31H. The van der Waals surface area contributed by atoms with Crippen molar-refractivity contribution in [3.63, 3.8) is 0 Å². The maximum Gasteiger partial charge on any atom is 0.160 e. The molecule has 0 atom stereocenters. The van der Waals surface area contributed by atoms with Crippen molar-refractivity contribution in [2.24, 2.45) is 0 Å². The molecule has 0 bridgehead atoms. The fourth-order valence-electron chi connectivity index (χ4n) is 9.06. The summed E-state index contributed by atoms with van der Waals surface area (Å²) in [6.45, 7) is 0. The van der Waals surface area contributed by atoms with Gasteiger partial charge in [0.15, 0.2) is 5.82 Å². The summed E-state index contributed by atoms with van der Waals surface area (Å²) in [6, 6.07) is 65.5. The van der Waals surface area contributed by atoms with Gasteiger partial charge in [0.05, 0.1) is 16.9 Å². The van der Waals surface area contributed by atoms with Crippen LogP contribution in [0.15, 0.2) is 188 Å². The van der Waals surface area contributed by atoms with Crippen LogP contribution in [-0.4, -0.2) is 15.0 Å². The van der Waals surface area contributed by atoms with E-state index in [1.165, 1.54) is 64.6 Å². The van der Waals surface area contributed by atoms with Crippen molar-refractivity contribution in [1.29, 1.82) is 0 Å². The van der Waals surface area contributed by atoms with Crippen molar-refractivity contribution in [1.82, 2.24) is 15.0 Å². The summed E-state index contributed by atoms with van der Waals surface area (Å²) >= 11 is 0. The van der Waals surface area contributed by atoms with Gasteiger partial charge in [0, 0.05) is 33.8 Å². The number of fused-ring (bicyclic) bond motifs is 3. The number of hydrogen-bond donors (Lipinski definition) is 0. The zero-order chi connectivity index (χ0) is 36.7. The maximum atomic E-state index is 5.34. The van der Waals surface area contributed by atoms with Crippen LogP contribution < -0.4 is 0 Å². The summed E-state index contributed by atoms with van der Waals surface area (Å²) in [5, 5.41) is 16.2. The normalized spacial score (nSPS) is 11.9. The van der Waals surface area contributed by atoms with E-state index in [1.807, 2.05) is 30.5 Å². The van der Waals surface area contributed by atoms with Gasteiger partial charge in [-0.2, -0.15) is 0 Å². The van der Waals surface area contributed by atoms with Gasteiger partial charge in [-0.1, -0.05) is 152 Å². The Kier molecular flexibility index (Phi) is 6.63. The van der Waals surface area contributed by atoms with E-state index < -0.39 is 0 Å². The molecule has 2 heterocycles. The van der Waals surface area contributed by atoms with E-state index >= 15 is 0 Å². The molecule has 0 unspecified atom stereocenters. The van der Waals surface area contributed by atoms with Crippen molar-refractivity contribution >= 4 is 75.5 Å². The van der Waals surface area contributed by atoms with E-state index in [-0.39, 0.29) is 0 Å². The lowest BCUT2D eigenvalue weighted by Crippen LogP contribution is -1.97. The first kappa shape index (κ1) is 30.9. The molecule has 258 valence electrons. The molecule has 0 N–H and O–H groups in total. The van der Waals surface area contributed by atoms with Crippen molar-refractivity contribution in [2.75, 3.05) is 0 Å². The van der Waals surface area contributed by atoms with Crippen LogP contribution in [0.2, 0.25) is 0 Å². The molecule has 10 aromatic carbocycles. The second-order valence-electron chi connectivity index (χ2n) is 14.8. The summed E-state index contributed by atoms with van der Waals surface area (Å²) in [5.41, 5.74) is 7.90. The fraction of sp³-hybridized carbons (Fsp3) is 0. The average molecular weight is 710 g/mol. The average Bonchev–Trinajstić information content (AvgIpc) is 3.27. The van der Waals surface area contributed by atoms with Crippen molar-refractivity contribution < 1.29 is 0 Å². The predicted octanol–water partition coefficient (Wildman–Crippen LogP) is 14.0. The molecule has 12 rings (SSSR count). The predicted molar refractivity (Wildman–Crippen MR) is 235 cm³/mol. The van der Waals surface area contributed by atoms with Crippen LogP contribution in [0.3, 0.4) is 0 Å². The van der Waals surface area contributed by atoms with Crippen LogP contribution in [-0.2, 0) is 0 Å². The Morgan fingerprint density at radius 2 is 0.839 bits per heavy atom. The monoisotopic (exact) mass is 709 g/mol. The maximum absolute atomic E-state index is 5.34. The van der Waals surface area contributed by atoms with Crippen LogP contribution in [0, 0.1) is 0 Å². The Morgan fingerprint density at radius 3 is 1.55 bits per heavy atom. The van der Waals surface area contributed by atoms with Crippen LogP contribution in [0.4, 0.5) is 0 Å². The summed E-state index contributed by atoms with van der Waals surface area (Å²) in [7, 11) is 0. The highest BCUT2D eigenvalue weighted by Gasteiger charge is 2.19. The van der Waals surface area contributed by atoms with Gasteiger partial charge in [-0.3, -0.25) is 4.98 Å². The number of rotatable bonds is 4. The van der Waals surface area contributed by atoms with Gasteiger partial charge in [0.25, 0.3) is 0 Å². The minimum Gasteiger partial charge on any atom is -0.256 e. The number of nitrogens with zero attached hydrogens (tertiary/aromatic N) is 3. The van der Waals surface area contributed by atoms with Gasteiger partial charge in [-0.15, -0.1) is 0 Å². The van der Waals surface area contributed by atoms with Gasteiger partial charge in [0.2, 0.25) is 0 Å².